The lowest BCUT2D eigenvalue weighted by Gasteiger charge is -2.25. The number of aryl methyl sites for hydroxylation is 2. The number of alkyl halides is 3. The molecule has 0 aliphatic carbocycles. The summed E-state index contributed by atoms with van der Waals surface area (Å²) in [4.78, 5) is 12.7. The molecule has 28 heavy (non-hydrogen) atoms. The SMILES string of the molecule is Cc1cc2c(cc1C)C(C(=O)NCc1nnc3n1CCC(C(F)(F)F)C3)CO2. The van der Waals surface area contributed by atoms with Crippen molar-refractivity contribution >= 4 is 5.91 Å². The van der Waals surface area contributed by atoms with E-state index < -0.39 is 18.0 Å². The number of rotatable bonds is 3. The number of benzene rings is 1. The minimum atomic E-state index is -4.22. The Hall–Kier alpha value is -2.58. The number of carbonyl (C=O) groups excluding carboxylic acids is 1. The number of amides is 1. The number of nitrogens with one attached hydrogen (secondary N) is 1. The molecule has 0 saturated carbocycles. The monoisotopic (exact) mass is 394 g/mol. The van der Waals surface area contributed by atoms with Crippen LogP contribution in [-0.2, 0) is 24.3 Å². The maximum atomic E-state index is 12.9. The average Bonchev–Trinajstić information content (AvgIpc) is 3.23. The molecule has 1 aromatic carbocycles. The van der Waals surface area contributed by atoms with Crippen molar-refractivity contribution in [2.75, 3.05) is 6.61 Å². The molecule has 2 unspecified atom stereocenters. The zero-order valence-corrected chi connectivity index (χ0v) is 15.6. The fraction of sp³-hybridized carbons (Fsp3) is 0.526. The standard InChI is InChI=1S/C19H21F3N4O2/c1-10-5-13-14(9-28-15(13)6-11(10)2)18(27)23-8-17-25-24-16-7-12(19(20,21)22)3-4-26(16)17/h5-6,12,14H,3-4,7-9H2,1-2H3,(H,23,27). The molecule has 0 saturated heterocycles. The van der Waals surface area contributed by atoms with Crippen molar-refractivity contribution in [3.63, 3.8) is 0 Å². The zero-order valence-electron chi connectivity index (χ0n) is 15.6. The van der Waals surface area contributed by atoms with E-state index in [9.17, 15) is 18.0 Å². The van der Waals surface area contributed by atoms with Gasteiger partial charge in [0, 0.05) is 18.5 Å². The number of fused-ring (bicyclic) bond motifs is 2. The lowest BCUT2D eigenvalue weighted by Crippen LogP contribution is -2.33. The van der Waals surface area contributed by atoms with Crippen molar-refractivity contribution in [2.24, 2.45) is 5.92 Å². The van der Waals surface area contributed by atoms with Crippen LogP contribution in [0.1, 0.15) is 40.7 Å². The second kappa shape index (κ2) is 6.79. The number of halogens is 3. The molecule has 0 spiro atoms. The van der Waals surface area contributed by atoms with Gasteiger partial charge in [-0.1, -0.05) is 6.07 Å². The first-order valence-electron chi connectivity index (χ1n) is 9.23. The van der Waals surface area contributed by atoms with Gasteiger partial charge in [0.2, 0.25) is 5.91 Å². The van der Waals surface area contributed by atoms with E-state index >= 15 is 0 Å². The van der Waals surface area contributed by atoms with E-state index in [-0.39, 0.29) is 38.4 Å². The summed E-state index contributed by atoms with van der Waals surface area (Å²) in [7, 11) is 0. The van der Waals surface area contributed by atoms with Gasteiger partial charge in [-0.2, -0.15) is 13.2 Å². The normalized spacial score (nSPS) is 21.0. The number of nitrogens with zero attached hydrogens (tertiary/aromatic N) is 3. The highest BCUT2D eigenvalue weighted by Crippen LogP contribution is 2.36. The van der Waals surface area contributed by atoms with Crippen molar-refractivity contribution in [1.82, 2.24) is 20.1 Å². The molecule has 0 fully saturated rings. The van der Waals surface area contributed by atoms with Gasteiger partial charge >= 0.3 is 6.18 Å². The molecule has 2 aromatic rings. The summed E-state index contributed by atoms with van der Waals surface area (Å²) < 4.78 is 46.1. The molecular weight excluding hydrogens is 373 g/mol. The van der Waals surface area contributed by atoms with Crippen LogP contribution in [0.15, 0.2) is 12.1 Å². The van der Waals surface area contributed by atoms with Crippen molar-refractivity contribution in [2.45, 2.75) is 51.9 Å². The van der Waals surface area contributed by atoms with Crippen LogP contribution >= 0.6 is 0 Å². The Morgan fingerprint density at radius 1 is 1.29 bits per heavy atom. The third-order valence-electron chi connectivity index (χ3n) is 5.64. The molecule has 3 heterocycles. The molecule has 1 aromatic heterocycles. The molecule has 2 aliphatic heterocycles. The number of ether oxygens (including phenoxy) is 1. The first-order valence-corrected chi connectivity index (χ1v) is 9.23. The molecular formula is C19H21F3N4O2. The molecule has 150 valence electrons. The van der Waals surface area contributed by atoms with Crippen LogP contribution in [0, 0.1) is 19.8 Å². The van der Waals surface area contributed by atoms with E-state index in [4.69, 9.17) is 4.74 Å². The van der Waals surface area contributed by atoms with Gasteiger partial charge in [0.05, 0.1) is 12.5 Å². The summed E-state index contributed by atoms with van der Waals surface area (Å²) in [6, 6.07) is 3.90. The molecule has 1 amide bonds. The predicted octanol–water partition coefficient (Wildman–Crippen LogP) is 2.81. The number of hydrogen-bond donors (Lipinski definition) is 1. The third kappa shape index (κ3) is 3.33. The smallest absolute Gasteiger partial charge is 0.392 e. The van der Waals surface area contributed by atoms with Crippen LogP contribution in [0.25, 0.3) is 0 Å². The zero-order chi connectivity index (χ0) is 20.1. The quantitative estimate of drug-likeness (QED) is 0.869. The summed E-state index contributed by atoms with van der Waals surface area (Å²) in [6.45, 7) is 4.57. The summed E-state index contributed by atoms with van der Waals surface area (Å²) in [5.74, 6) is -0.468. The highest BCUT2D eigenvalue weighted by molar-refractivity contribution is 5.85. The van der Waals surface area contributed by atoms with Crippen LogP contribution in [-0.4, -0.2) is 33.5 Å². The van der Waals surface area contributed by atoms with Gasteiger partial charge in [0.1, 0.15) is 24.1 Å². The molecule has 0 radical (unpaired) electrons. The van der Waals surface area contributed by atoms with Gasteiger partial charge in [-0.25, -0.2) is 0 Å². The number of hydrogen-bond acceptors (Lipinski definition) is 4. The van der Waals surface area contributed by atoms with Gasteiger partial charge in [-0.05, 0) is 37.5 Å². The largest absolute Gasteiger partial charge is 0.492 e. The molecule has 1 N–H and O–H groups in total. The van der Waals surface area contributed by atoms with Crippen LogP contribution in [0.3, 0.4) is 0 Å². The average molecular weight is 394 g/mol. The molecule has 2 atom stereocenters. The minimum Gasteiger partial charge on any atom is -0.492 e. The Morgan fingerprint density at radius 3 is 2.79 bits per heavy atom. The molecule has 9 heteroatoms. The van der Waals surface area contributed by atoms with Crippen LogP contribution in [0.4, 0.5) is 13.2 Å². The van der Waals surface area contributed by atoms with E-state index in [2.05, 4.69) is 15.5 Å². The lowest BCUT2D eigenvalue weighted by atomic mass is 9.96. The highest BCUT2D eigenvalue weighted by Gasteiger charge is 2.42. The summed E-state index contributed by atoms with van der Waals surface area (Å²) in [6.07, 6.45) is -4.40. The Bertz CT molecular complexity index is 923. The van der Waals surface area contributed by atoms with Gasteiger partial charge in [0.25, 0.3) is 0 Å². The Morgan fingerprint density at radius 2 is 2.04 bits per heavy atom. The van der Waals surface area contributed by atoms with E-state index in [1.807, 2.05) is 26.0 Å². The second-order valence-corrected chi connectivity index (χ2v) is 7.47. The summed E-state index contributed by atoms with van der Waals surface area (Å²) in [5, 5.41) is 10.7. The third-order valence-corrected chi connectivity index (χ3v) is 5.64. The molecule has 0 bridgehead atoms. The summed E-state index contributed by atoms with van der Waals surface area (Å²) in [5.41, 5.74) is 3.05. The fourth-order valence-corrected chi connectivity index (χ4v) is 3.78. The Labute approximate surface area is 160 Å². The molecule has 4 rings (SSSR count). The second-order valence-electron chi connectivity index (χ2n) is 7.47. The van der Waals surface area contributed by atoms with Gasteiger partial charge in [-0.3, -0.25) is 4.79 Å². The number of aromatic nitrogens is 3. The van der Waals surface area contributed by atoms with Crippen molar-refractivity contribution in [1.29, 1.82) is 0 Å². The van der Waals surface area contributed by atoms with E-state index in [1.54, 1.807) is 4.57 Å². The van der Waals surface area contributed by atoms with E-state index in [1.165, 1.54) is 0 Å². The van der Waals surface area contributed by atoms with Crippen LogP contribution in [0.5, 0.6) is 5.75 Å². The van der Waals surface area contributed by atoms with Crippen molar-refractivity contribution in [3.05, 3.63) is 40.5 Å². The molecule has 2 aliphatic rings. The highest BCUT2D eigenvalue weighted by atomic mass is 19.4. The molecule has 6 nitrogen and oxygen atoms in total. The lowest BCUT2D eigenvalue weighted by molar-refractivity contribution is -0.179. The Kier molecular flexibility index (Phi) is 4.55. The topological polar surface area (TPSA) is 69.0 Å². The first-order chi connectivity index (χ1) is 13.2. The minimum absolute atomic E-state index is 0.00203. The van der Waals surface area contributed by atoms with E-state index in [0.717, 1.165) is 22.4 Å². The van der Waals surface area contributed by atoms with E-state index in [0.29, 0.717) is 11.6 Å². The van der Waals surface area contributed by atoms with Crippen LogP contribution < -0.4 is 10.1 Å². The maximum Gasteiger partial charge on any atom is 0.392 e. The fourth-order valence-electron chi connectivity index (χ4n) is 3.78. The van der Waals surface area contributed by atoms with Crippen molar-refractivity contribution < 1.29 is 22.7 Å². The predicted molar refractivity (Wildman–Crippen MR) is 93.9 cm³/mol. The van der Waals surface area contributed by atoms with Crippen molar-refractivity contribution in [3.8, 4) is 5.75 Å². The van der Waals surface area contributed by atoms with Gasteiger partial charge in [0.15, 0.2) is 5.82 Å². The van der Waals surface area contributed by atoms with Crippen LogP contribution in [0.2, 0.25) is 0 Å². The van der Waals surface area contributed by atoms with Gasteiger partial charge < -0.3 is 14.6 Å². The Balaban J connectivity index is 1.43. The number of carbonyl (C=O) groups is 1. The first kappa shape index (κ1) is 18.8. The van der Waals surface area contributed by atoms with Gasteiger partial charge in [-0.15, -0.1) is 10.2 Å². The maximum absolute atomic E-state index is 12.9. The summed E-state index contributed by atoms with van der Waals surface area (Å²) >= 11 is 0.